The zero-order chi connectivity index (χ0) is 28.8. The Labute approximate surface area is 232 Å². The van der Waals surface area contributed by atoms with Gasteiger partial charge >= 0.3 is 0 Å². The number of carbonyl (C=O) groups is 2. The number of hydrogen-bond acceptors (Lipinski definition) is 4. The van der Waals surface area contributed by atoms with Crippen LogP contribution in [0.4, 0.5) is 5.69 Å². The predicted molar refractivity (Wildman–Crippen MR) is 156 cm³/mol. The van der Waals surface area contributed by atoms with Gasteiger partial charge in [0, 0.05) is 12.1 Å². The van der Waals surface area contributed by atoms with E-state index in [1.165, 1.54) is 17.0 Å². The van der Waals surface area contributed by atoms with Crippen molar-refractivity contribution >= 4 is 27.5 Å². The molecule has 0 aliphatic heterocycles. The fourth-order valence-corrected chi connectivity index (χ4v) is 5.92. The Balaban J connectivity index is 2.09. The summed E-state index contributed by atoms with van der Waals surface area (Å²) >= 11 is 0. The fraction of sp³-hybridized carbons (Fsp3) is 0.355. The van der Waals surface area contributed by atoms with Crippen molar-refractivity contribution in [3.8, 4) is 0 Å². The molecule has 8 heteroatoms. The monoisotopic (exact) mass is 549 g/mol. The second-order valence-electron chi connectivity index (χ2n) is 10.7. The molecule has 3 aromatic rings. The van der Waals surface area contributed by atoms with Gasteiger partial charge in [-0.05, 0) is 75.9 Å². The molecule has 0 fully saturated rings. The van der Waals surface area contributed by atoms with E-state index in [-0.39, 0.29) is 17.3 Å². The Morgan fingerprint density at radius 2 is 1.41 bits per heavy atom. The molecule has 0 aliphatic rings. The van der Waals surface area contributed by atoms with Gasteiger partial charge in [0.05, 0.1) is 10.6 Å². The first-order valence-electron chi connectivity index (χ1n) is 13.1. The molecule has 208 valence electrons. The molecule has 1 atom stereocenters. The first-order valence-corrected chi connectivity index (χ1v) is 14.6. The number of para-hydroxylation sites is 1. The highest BCUT2D eigenvalue weighted by atomic mass is 32.2. The first kappa shape index (κ1) is 29.9. The molecule has 0 bridgehead atoms. The first-order chi connectivity index (χ1) is 18.3. The van der Waals surface area contributed by atoms with E-state index in [0.717, 1.165) is 15.4 Å². The maximum Gasteiger partial charge on any atom is 0.264 e. The van der Waals surface area contributed by atoms with Crippen LogP contribution >= 0.6 is 0 Å². The Morgan fingerprint density at radius 1 is 0.846 bits per heavy atom. The van der Waals surface area contributed by atoms with Crippen molar-refractivity contribution < 1.29 is 18.0 Å². The van der Waals surface area contributed by atoms with Gasteiger partial charge in [0.15, 0.2) is 0 Å². The third kappa shape index (κ3) is 7.47. The Kier molecular flexibility index (Phi) is 9.56. The molecule has 1 unspecified atom stereocenters. The Bertz CT molecular complexity index is 1400. The summed E-state index contributed by atoms with van der Waals surface area (Å²) in [6.07, 6.45) is 0.370. The highest BCUT2D eigenvalue weighted by molar-refractivity contribution is 7.92. The van der Waals surface area contributed by atoms with Gasteiger partial charge in [-0.3, -0.25) is 13.9 Å². The molecule has 7 nitrogen and oxygen atoms in total. The molecule has 0 spiro atoms. The van der Waals surface area contributed by atoms with Crippen molar-refractivity contribution in [2.24, 2.45) is 0 Å². The van der Waals surface area contributed by atoms with E-state index in [1.807, 2.05) is 77.9 Å². The highest BCUT2D eigenvalue weighted by Gasteiger charge is 2.35. The molecular weight excluding hydrogens is 510 g/mol. The zero-order valence-electron chi connectivity index (χ0n) is 23.6. The predicted octanol–water partition coefficient (Wildman–Crippen LogP) is 5.22. The molecule has 3 rings (SSSR count). The SMILES string of the molecule is CCC(C(=O)NC(C)(C)C)N(Cc1ccccc1C)C(=O)CN(c1ccccc1C)S(=O)(=O)c1ccccc1. The quantitative estimate of drug-likeness (QED) is 0.376. The summed E-state index contributed by atoms with van der Waals surface area (Å²) in [7, 11) is -4.08. The van der Waals surface area contributed by atoms with E-state index in [4.69, 9.17) is 0 Å². The minimum absolute atomic E-state index is 0.0871. The lowest BCUT2D eigenvalue weighted by Gasteiger charge is -2.35. The molecule has 2 amide bonds. The van der Waals surface area contributed by atoms with Gasteiger partial charge in [0.25, 0.3) is 10.0 Å². The lowest BCUT2D eigenvalue weighted by Crippen LogP contribution is -2.55. The summed E-state index contributed by atoms with van der Waals surface area (Å²) in [4.78, 5) is 29.1. The van der Waals surface area contributed by atoms with E-state index in [0.29, 0.717) is 17.7 Å². The molecule has 0 aliphatic carbocycles. The summed E-state index contributed by atoms with van der Waals surface area (Å²) < 4.78 is 28.9. The number of carbonyl (C=O) groups excluding carboxylic acids is 2. The number of aryl methyl sites for hydroxylation is 2. The second-order valence-corrected chi connectivity index (χ2v) is 12.6. The average molecular weight is 550 g/mol. The van der Waals surface area contributed by atoms with Crippen molar-refractivity contribution in [3.63, 3.8) is 0 Å². The van der Waals surface area contributed by atoms with Crippen LogP contribution in [0, 0.1) is 13.8 Å². The van der Waals surface area contributed by atoms with Gasteiger partial charge < -0.3 is 10.2 Å². The third-order valence-electron chi connectivity index (χ3n) is 6.48. The highest BCUT2D eigenvalue weighted by Crippen LogP contribution is 2.27. The fourth-order valence-electron chi connectivity index (χ4n) is 4.42. The van der Waals surface area contributed by atoms with Crippen LogP contribution in [0.1, 0.15) is 50.8 Å². The summed E-state index contributed by atoms with van der Waals surface area (Å²) in [5.74, 6) is -0.739. The maximum absolute atomic E-state index is 14.1. The number of anilines is 1. The van der Waals surface area contributed by atoms with Gasteiger partial charge in [-0.25, -0.2) is 8.42 Å². The minimum atomic E-state index is -4.08. The topological polar surface area (TPSA) is 86.8 Å². The lowest BCUT2D eigenvalue weighted by atomic mass is 10.0. The van der Waals surface area contributed by atoms with Crippen molar-refractivity contribution in [2.45, 2.75) is 71.0 Å². The van der Waals surface area contributed by atoms with Gasteiger partial charge in [-0.1, -0.05) is 67.6 Å². The van der Waals surface area contributed by atoms with Crippen molar-refractivity contribution in [3.05, 3.63) is 95.6 Å². The van der Waals surface area contributed by atoms with Gasteiger partial charge in [0.1, 0.15) is 12.6 Å². The normalized spacial score (nSPS) is 12.5. The Morgan fingerprint density at radius 3 is 1.97 bits per heavy atom. The molecule has 0 saturated heterocycles. The van der Waals surface area contributed by atoms with Crippen LogP contribution in [-0.2, 0) is 26.2 Å². The zero-order valence-corrected chi connectivity index (χ0v) is 24.5. The lowest BCUT2D eigenvalue weighted by molar-refractivity contribution is -0.141. The smallest absolute Gasteiger partial charge is 0.264 e. The van der Waals surface area contributed by atoms with Gasteiger partial charge in [0.2, 0.25) is 11.8 Å². The van der Waals surface area contributed by atoms with Crippen LogP contribution in [0.25, 0.3) is 0 Å². The van der Waals surface area contributed by atoms with Crippen molar-refractivity contribution in [1.82, 2.24) is 10.2 Å². The number of nitrogens with zero attached hydrogens (tertiary/aromatic N) is 2. The molecule has 3 aromatic carbocycles. The standard InChI is InChI=1S/C31H39N3O4S/c1-7-27(30(36)32-31(4,5)6)33(21-25-17-13-11-15-23(25)2)29(35)22-34(28-20-14-12-16-24(28)3)39(37,38)26-18-9-8-10-19-26/h8-20,27H,7,21-22H2,1-6H3,(H,32,36). The summed E-state index contributed by atoms with van der Waals surface area (Å²) in [5.41, 5.74) is 2.51. The largest absolute Gasteiger partial charge is 0.350 e. The van der Waals surface area contributed by atoms with Crippen LogP contribution in [-0.4, -0.2) is 43.3 Å². The Hall–Kier alpha value is -3.65. The molecule has 0 heterocycles. The maximum atomic E-state index is 14.1. The second kappa shape index (κ2) is 12.5. The molecular formula is C31H39N3O4S. The van der Waals surface area contributed by atoms with E-state index in [2.05, 4.69) is 5.32 Å². The van der Waals surface area contributed by atoms with E-state index >= 15 is 0 Å². The number of benzene rings is 3. The van der Waals surface area contributed by atoms with Crippen LogP contribution in [0.15, 0.2) is 83.8 Å². The van der Waals surface area contributed by atoms with Crippen LogP contribution in [0.2, 0.25) is 0 Å². The number of nitrogens with one attached hydrogen (secondary N) is 1. The van der Waals surface area contributed by atoms with Crippen molar-refractivity contribution in [1.29, 1.82) is 0 Å². The summed E-state index contributed by atoms with van der Waals surface area (Å²) in [6.45, 7) is 11.0. The number of sulfonamides is 1. The van der Waals surface area contributed by atoms with Crippen LogP contribution in [0.3, 0.4) is 0 Å². The molecule has 0 aromatic heterocycles. The van der Waals surface area contributed by atoms with E-state index < -0.39 is 34.1 Å². The number of hydrogen-bond donors (Lipinski definition) is 1. The molecule has 0 radical (unpaired) electrons. The van der Waals surface area contributed by atoms with E-state index in [9.17, 15) is 18.0 Å². The molecule has 39 heavy (non-hydrogen) atoms. The van der Waals surface area contributed by atoms with Crippen LogP contribution < -0.4 is 9.62 Å². The van der Waals surface area contributed by atoms with Gasteiger partial charge in [-0.15, -0.1) is 0 Å². The van der Waals surface area contributed by atoms with Crippen LogP contribution in [0.5, 0.6) is 0 Å². The third-order valence-corrected chi connectivity index (χ3v) is 8.25. The minimum Gasteiger partial charge on any atom is -0.350 e. The molecule has 0 saturated carbocycles. The molecule has 1 N–H and O–H groups in total. The average Bonchev–Trinajstić information content (AvgIpc) is 2.88. The summed E-state index contributed by atoms with van der Waals surface area (Å²) in [6, 6.07) is 22.0. The van der Waals surface area contributed by atoms with Gasteiger partial charge in [-0.2, -0.15) is 0 Å². The summed E-state index contributed by atoms with van der Waals surface area (Å²) in [5, 5.41) is 2.99. The van der Waals surface area contributed by atoms with Crippen molar-refractivity contribution in [2.75, 3.05) is 10.8 Å². The van der Waals surface area contributed by atoms with E-state index in [1.54, 1.807) is 30.3 Å². The number of amides is 2. The number of rotatable bonds is 10.